The molecule has 126 valence electrons. The van der Waals surface area contributed by atoms with Gasteiger partial charge >= 0.3 is 5.97 Å². The molecule has 0 fully saturated rings. The van der Waals surface area contributed by atoms with Gasteiger partial charge in [0.25, 0.3) is 0 Å². The van der Waals surface area contributed by atoms with E-state index in [4.69, 9.17) is 9.57 Å². The Balaban J connectivity index is 1.91. The molecule has 6 heteroatoms. The van der Waals surface area contributed by atoms with Crippen molar-refractivity contribution < 1.29 is 14.4 Å². The third-order valence-electron chi connectivity index (χ3n) is 3.23. The fraction of sp³-hybridized carbons (Fsp3) is 0.333. The minimum Gasteiger partial charge on any atom is -0.466 e. The molecule has 0 spiro atoms. The van der Waals surface area contributed by atoms with E-state index in [1.807, 2.05) is 36.4 Å². The summed E-state index contributed by atoms with van der Waals surface area (Å²) < 4.78 is 4.88. The third-order valence-corrected chi connectivity index (χ3v) is 3.23. The Morgan fingerprint density at radius 3 is 2.62 bits per heavy atom. The highest BCUT2D eigenvalue weighted by Crippen LogP contribution is 2.10. The van der Waals surface area contributed by atoms with Gasteiger partial charge in [-0.1, -0.05) is 35.5 Å². The Labute approximate surface area is 141 Å². The number of aromatic nitrogens is 2. The van der Waals surface area contributed by atoms with Gasteiger partial charge in [-0.3, -0.25) is 4.79 Å². The van der Waals surface area contributed by atoms with Crippen molar-refractivity contribution >= 4 is 11.7 Å². The third kappa shape index (κ3) is 5.79. The Bertz CT molecular complexity index is 604. The average Bonchev–Trinajstić information content (AvgIpc) is 2.63. The van der Waals surface area contributed by atoms with Gasteiger partial charge in [0.15, 0.2) is 0 Å². The van der Waals surface area contributed by atoms with Crippen LogP contribution in [0.5, 0.6) is 0 Å². The molecule has 0 saturated carbocycles. The molecule has 0 amide bonds. The lowest BCUT2D eigenvalue weighted by Crippen LogP contribution is -2.06. The lowest BCUT2D eigenvalue weighted by atomic mass is 10.1. The highest BCUT2D eigenvalue weighted by Gasteiger charge is 2.08. The van der Waals surface area contributed by atoms with E-state index in [0.29, 0.717) is 31.8 Å². The van der Waals surface area contributed by atoms with Crippen molar-refractivity contribution in [3.8, 4) is 0 Å². The number of hydrogen-bond acceptors (Lipinski definition) is 6. The number of hydrogen-bond donors (Lipinski definition) is 0. The number of rotatable bonds is 9. The van der Waals surface area contributed by atoms with Crippen molar-refractivity contribution in [2.45, 2.75) is 26.2 Å². The van der Waals surface area contributed by atoms with E-state index in [9.17, 15) is 4.79 Å². The van der Waals surface area contributed by atoms with Crippen LogP contribution in [-0.4, -0.2) is 35.1 Å². The lowest BCUT2D eigenvalue weighted by molar-refractivity contribution is -0.143. The van der Waals surface area contributed by atoms with Gasteiger partial charge in [-0.2, -0.15) is 10.2 Å². The lowest BCUT2D eigenvalue weighted by Gasteiger charge is -2.07. The molecule has 24 heavy (non-hydrogen) atoms. The van der Waals surface area contributed by atoms with E-state index in [0.717, 1.165) is 17.5 Å². The zero-order valence-corrected chi connectivity index (χ0v) is 13.7. The van der Waals surface area contributed by atoms with Crippen LogP contribution in [0, 0.1) is 0 Å². The molecule has 2 aromatic rings. The van der Waals surface area contributed by atoms with Crippen molar-refractivity contribution in [2.75, 3.05) is 13.2 Å². The first-order valence-electron chi connectivity index (χ1n) is 7.99. The molecule has 1 aromatic carbocycles. The molecule has 0 saturated heterocycles. The Hall–Kier alpha value is -2.76. The molecule has 0 N–H and O–H groups in total. The molecule has 0 unspecified atom stereocenters. The molecule has 0 aliphatic carbocycles. The molecular weight excluding hydrogens is 306 g/mol. The molecule has 0 atom stereocenters. The number of ether oxygens (including phenoxy) is 1. The zero-order valence-electron chi connectivity index (χ0n) is 13.7. The van der Waals surface area contributed by atoms with E-state index < -0.39 is 0 Å². The second-order valence-electron chi connectivity index (χ2n) is 5.03. The molecule has 1 heterocycles. The number of unbranched alkanes of at least 4 members (excludes halogenated alkanes) is 1. The summed E-state index contributed by atoms with van der Waals surface area (Å²) in [7, 11) is 0. The van der Waals surface area contributed by atoms with Crippen molar-refractivity contribution in [2.24, 2.45) is 5.16 Å². The Morgan fingerprint density at radius 1 is 1.08 bits per heavy atom. The van der Waals surface area contributed by atoms with Crippen LogP contribution in [0.25, 0.3) is 0 Å². The van der Waals surface area contributed by atoms with Gasteiger partial charge < -0.3 is 9.57 Å². The second-order valence-corrected chi connectivity index (χ2v) is 5.03. The SMILES string of the molecule is CCOC(=O)CCCCO/N=C(/c1ccccc1)c1ccnnc1. The van der Waals surface area contributed by atoms with Crippen LogP contribution < -0.4 is 0 Å². The number of carbonyl (C=O) groups excluding carboxylic acids is 1. The number of benzene rings is 1. The smallest absolute Gasteiger partial charge is 0.305 e. The number of oxime groups is 1. The molecule has 0 radical (unpaired) electrons. The van der Waals surface area contributed by atoms with Crippen molar-refractivity contribution in [3.05, 3.63) is 59.9 Å². The summed E-state index contributed by atoms with van der Waals surface area (Å²) in [5.74, 6) is -0.172. The van der Waals surface area contributed by atoms with Crippen LogP contribution in [0.3, 0.4) is 0 Å². The minimum atomic E-state index is -0.172. The summed E-state index contributed by atoms with van der Waals surface area (Å²) >= 11 is 0. The maximum absolute atomic E-state index is 11.3. The topological polar surface area (TPSA) is 73.7 Å². The maximum Gasteiger partial charge on any atom is 0.305 e. The van der Waals surface area contributed by atoms with Crippen LogP contribution >= 0.6 is 0 Å². The summed E-state index contributed by atoms with van der Waals surface area (Å²) in [6.07, 6.45) is 5.12. The van der Waals surface area contributed by atoms with Crippen molar-refractivity contribution in [1.29, 1.82) is 0 Å². The first-order valence-corrected chi connectivity index (χ1v) is 7.99. The fourth-order valence-electron chi connectivity index (χ4n) is 2.08. The predicted octanol–water partition coefficient (Wildman–Crippen LogP) is 2.98. The fourth-order valence-corrected chi connectivity index (χ4v) is 2.08. The quantitative estimate of drug-likeness (QED) is 0.306. The highest BCUT2D eigenvalue weighted by atomic mass is 16.6. The molecular formula is C18H21N3O3. The summed E-state index contributed by atoms with van der Waals surface area (Å²) in [6.45, 7) is 2.66. The van der Waals surface area contributed by atoms with Crippen LogP contribution in [-0.2, 0) is 14.4 Å². The standard InChI is InChI=1S/C18H21N3O3/c1-2-23-17(22)10-6-7-13-24-21-18(15-8-4-3-5-9-15)16-11-12-19-20-14-16/h3-5,8-9,11-12,14H,2,6-7,10,13H2,1H3/b21-18-. The van der Waals surface area contributed by atoms with Gasteiger partial charge in [0.1, 0.15) is 12.3 Å². The predicted molar refractivity (Wildman–Crippen MR) is 90.5 cm³/mol. The summed E-state index contributed by atoms with van der Waals surface area (Å²) in [6, 6.07) is 11.6. The number of esters is 1. The Morgan fingerprint density at radius 2 is 1.92 bits per heavy atom. The van der Waals surface area contributed by atoms with Crippen LogP contribution in [0.1, 0.15) is 37.3 Å². The van der Waals surface area contributed by atoms with E-state index in [1.54, 1.807) is 19.3 Å². The monoisotopic (exact) mass is 327 g/mol. The summed E-state index contributed by atoms with van der Waals surface area (Å²) in [5.41, 5.74) is 2.48. The first kappa shape index (κ1) is 17.6. The van der Waals surface area contributed by atoms with Crippen LogP contribution in [0.4, 0.5) is 0 Å². The van der Waals surface area contributed by atoms with Gasteiger partial charge in [0.05, 0.1) is 19.0 Å². The second kappa shape index (κ2) is 10.1. The van der Waals surface area contributed by atoms with Crippen molar-refractivity contribution in [1.82, 2.24) is 10.2 Å². The zero-order chi connectivity index (χ0) is 17.0. The normalized spacial score (nSPS) is 11.1. The molecule has 0 bridgehead atoms. The molecule has 1 aromatic heterocycles. The van der Waals surface area contributed by atoms with Crippen molar-refractivity contribution in [3.63, 3.8) is 0 Å². The van der Waals surface area contributed by atoms with Gasteiger partial charge in [-0.15, -0.1) is 0 Å². The molecule has 0 aliphatic rings. The number of carbonyl (C=O) groups is 1. The van der Waals surface area contributed by atoms with E-state index in [1.165, 1.54) is 0 Å². The maximum atomic E-state index is 11.3. The molecule has 2 rings (SSSR count). The summed E-state index contributed by atoms with van der Waals surface area (Å²) in [5, 5.41) is 11.9. The van der Waals surface area contributed by atoms with Crippen LogP contribution in [0.15, 0.2) is 53.9 Å². The molecule has 6 nitrogen and oxygen atoms in total. The van der Waals surface area contributed by atoms with E-state index in [2.05, 4.69) is 15.4 Å². The van der Waals surface area contributed by atoms with Gasteiger partial charge in [-0.25, -0.2) is 0 Å². The largest absolute Gasteiger partial charge is 0.466 e. The molecule has 0 aliphatic heterocycles. The Kier molecular flexibility index (Phi) is 7.40. The highest BCUT2D eigenvalue weighted by molar-refractivity contribution is 6.12. The minimum absolute atomic E-state index is 0.172. The van der Waals surface area contributed by atoms with Gasteiger partial charge in [-0.05, 0) is 25.8 Å². The summed E-state index contributed by atoms with van der Waals surface area (Å²) in [4.78, 5) is 16.7. The van der Waals surface area contributed by atoms with E-state index in [-0.39, 0.29) is 5.97 Å². The average molecular weight is 327 g/mol. The van der Waals surface area contributed by atoms with Gasteiger partial charge in [0, 0.05) is 17.5 Å². The van der Waals surface area contributed by atoms with Gasteiger partial charge in [0.2, 0.25) is 0 Å². The van der Waals surface area contributed by atoms with Crippen LogP contribution in [0.2, 0.25) is 0 Å². The number of nitrogens with zero attached hydrogens (tertiary/aromatic N) is 3. The van der Waals surface area contributed by atoms with E-state index >= 15 is 0 Å². The first-order chi connectivity index (χ1) is 11.8.